The van der Waals surface area contributed by atoms with Gasteiger partial charge in [0, 0.05) is 6.04 Å². The molecule has 0 aromatic heterocycles. The summed E-state index contributed by atoms with van der Waals surface area (Å²) in [5.41, 5.74) is 0. The minimum absolute atomic E-state index is 0.0637. The highest BCUT2D eigenvalue weighted by Crippen LogP contribution is 2.23. The van der Waals surface area contributed by atoms with Crippen molar-refractivity contribution in [2.24, 2.45) is 0 Å². The van der Waals surface area contributed by atoms with Gasteiger partial charge in [-0.15, -0.1) is 0 Å². The van der Waals surface area contributed by atoms with Crippen LogP contribution in [0.2, 0.25) is 0 Å². The summed E-state index contributed by atoms with van der Waals surface area (Å²) in [5, 5.41) is 9.14. The molecule has 1 saturated heterocycles. The summed E-state index contributed by atoms with van der Waals surface area (Å²) in [5.74, 6) is -0.127. The molecule has 0 aromatic carbocycles. The van der Waals surface area contributed by atoms with E-state index in [0.717, 1.165) is 12.8 Å². The molecule has 2 N–H and O–H groups in total. The number of aliphatic hydroxyl groups excluding tert-OH is 1. The van der Waals surface area contributed by atoms with E-state index < -0.39 is 37.3 Å². The molecule has 8 heteroatoms. The zero-order valence-electron chi connectivity index (χ0n) is 10.8. The van der Waals surface area contributed by atoms with E-state index in [9.17, 15) is 21.9 Å². The maximum Gasteiger partial charge on any atom is 0.214 e. The van der Waals surface area contributed by atoms with Gasteiger partial charge >= 0.3 is 0 Å². The molecule has 0 aromatic rings. The number of nitrogens with one attached hydrogen (secondary N) is 1. The lowest BCUT2D eigenvalue weighted by molar-refractivity contribution is 0.101. The fourth-order valence-corrected chi connectivity index (χ4v) is 6.27. The molecule has 19 heavy (non-hydrogen) atoms. The van der Waals surface area contributed by atoms with Gasteiger partial charge in [0.05, 0.1) is 22.9 Å². The van der Waals surface area contributed by atoms with Crippen LogP contribution in [0, 0.1) is 0 Å². The van der Waals surface area contributed by atoms with E-state index >= 15 is 0 Å². The first-order chi connectivity index (χ1) is 8.80. The van der Waals surface area contributed by atoms with E-state index in [-0.39, 0.29) is 24.3 Å². The Morgan fingerprint density at radius 1 is 1.00 bits per heavy atom. The second-order valence-electron chi connectivity index (χ2n) is 5.47. The second-order valence-corrected chi connectivity index (χ2v) is 9.77. The van der Waals surface area contributed by atoms with Gasteiger partial charge in [-0.25, -0.2) is 21.6 Å². The Kier molecular flexibility index (Phi) is 4.54. The fraction of sp³-hybridized carbons (Fsp3) is 1.00. The Morgan fingerprint density at radius 2 is 1.58 bits per heavy atom. The normalized spacial score (nSPS) is 33.1. The average molecular weight is 311 g/mol. The molecular formula is C11H21NO5S2. The highest BCUT2D eigenvalue weighted by atomic mass is 32.2. The highest BCUT2D eigenvalue weighted by Gasteiger charge is 2.35. The third-order valence-corrected chi connectivity index (χ3v) is 7.68. The smallest absolute Gasteiger partial charge is 0.214 e. The molecule has 0 bridgehead atoms. The van der Waals surface area contributed by atoms with Crippen molar-refractivity contribution in [2.75, 3.05) is 11.5 Å². The van der Waals surface area contributed by atoms with E-state index in [4.69, 9.17) is 0 Å². The van der Waals surface area contributed by atoms with Gasteiger partial charge in [0.25, 0.3) is 0 Å². The van der Waals surface area contributed by atoms with Crippen molar-refractivity contribution in [3.63, 3.8) is 0 Å². The van der Waals surface area contributed by atoms with Crippen molar-refractivity contribution in [3.05, 3.63) is 0 Å². The van der Waals surface area contributed by atoms with Crippen LogP contribution in [0.3, 0.4) is 0 Å². The van der Waals surface area contributed by atoms with Crippen molar-refractivity contribution in [1.29, 1.82) is 0 Å². The standard InChI is InChI=1S/C11H21NO5S2/c13-11-4-2-1-3-10(11)12-19(16,17)9-5-7-18(14,15)8-6-9/h9-13H,1-8H2/t10-,11-/m1/s1. The lowest BCUT2D eigenvalue weighted by atomic mass is 9.93. The lowest BCUT2D eigenvalue weighted by Gasteiger charge is -2.30. The Labute approximate surface area is 114 Å². The molecule has 1 aliphatic carbocycles. The number of sulfonamides is 1. The van der Waals surface area contributed by atoms with Gasteiger partial charge in [0.2, 0.25) is 10.0 Å². The van der Waals surface area contributed by atoms with Gasteiger partial charge in [-0.05, 0) is 25.7 Å². The molecule has 2 rings (SSSR count). The highest BCUT2D eigenvalue weighted by molar-refractivity contribution is 7.92. The van der Waals surface area contributed by atoms with Gasteiger partial charge in [-0.2, -0.15) is 0 Å². The van der Waals surface area contributed by atoms with E-state index in [1.807, 2.05) is 0 Å². The monoisotopic (exact) mass is 311 g/mol. The first-order valence-electron chi connectivity index (χ1n) is 6.70. The molecule has 0 spiro atoms. The Bertz CT molecular complexity index is 499. The predicted molar refractivity (Wildman–Crippen MR) is 72.0 cm³/mol. The number of hydrogen-bond donors (Lipinski definition) is 2. The lowest BCUT2D eigenvalue weighted by Crippen LogP contribution is -2.49. The van der Waals surface area contributed by atoms with E-state index in [1.165, 1.54) is 0 Å². The molecule has 0 radical (unpaired) electrons. The van der Waals surface area contributed by atoms with Gasteiger partial charge < -0.3 is 5.11 Å². The Hall–Kier alpha value is -0.180. The van der Waals surface area contributed by atoms with Gasteiger partial charge in [-0.3, -0.25) is 0 Å². The molecule has 1 saturated carbocycles. The number of aliphatic hydroxyl groups is 1. The zero-order chi connectivity index (χ0) is 14.1. The molecule has 1 aliphatic heterocycles. The zero-order valence-corrected chi connectivity index (χ0v) is 12.4. The van der Waals surface area contributed by atoms with Crippen LogP contribution in [0.15, 0.2) is 0 Å². The van der Waals surface area contributed by atoms with Crippen LogP contribution in [0.25, 0.3) is 0 Å². The van der Waals surface area contributed by atoms with Crippen LogP contribution in [0.1, 0.15) is 38.5 Å². The van der Waals surface area contributed by atoms with Crippen molar-refractivity contribution in [3.8, 4) is 0 Å². The van der Waals surface area contributed by atoms with Crippen molar-refractivity contribution < 1.29 is 21.9 Å². The molecular weight excluding hydrogens is 290 g/mol. The summed E-state index contributed by atoms with van der Waals surface area (Å²) in [6.07, 6.45) is 2.76. The van der Waals surface area contributed by atoms with Crippen LogP contribution in [0.5, 0.6) is 0 Å². The quantitative estimate of drug-likeness (QED) is 0.751. The van der Waals surface area contributed by atoms with E-state index in [2.05, 4.69) is 4.72 Å². The second kappa shape index (κ2) is 5.67. The first-order valence-corrected chi connectivity index (χ1v) is 10.1. The SMILES string of the molecule is O=S1(=O)CCC(S(=O)(=O)N[C@@H]2CCCC[C@H]2O)CC1. The third-order valence-electron chi connectivity index (χ3n) is 3.99. The third kappa shape index (κ3) is 3.90. The van der Waals surface area contributed by atoms with Crippen molar-refractivity contribution in [1.82, 2.24) is 4.72 Å². The summed E-state index contributed by atoms with van der Waals surface area (Å²) in [7, 11) is -6.60. The van der Waals surface area contributed by atoms with E-state index in [1.54, 1.807) is 0 Å². The van der Waals surface area contributed by atoms with E-state index in [0.29, 0.717) is 12.8 Å². The van der Waals surface area contributed by atoms with Gasteiger partial charge in [0.1, 0.15) is 9.84 Å². The van der Waals surface area contributed by atoms with Gasteiger partial charge in [-0.1, -0.05) is 12.8 Å². The molecule has 112 valence electrons. The summed E-state index contributed by atoms with van der Waals surface area (Å²) in [6.45, 7) is 0. The maximum atomic E-state index is 12.2. The number of hydrogen-bond acceptors (Lipinski definition) is 5. The van der Waals surface area contributed by atoms with Crippen LogP contribution in [-0.2, 0) is 19.9 Å². The minimum atomic E-state index is -3.54. The molecule has 6 nitrogen and oxygen atoms in total. The summed E-state index contributed by atoms with van der Waals surface area (Å²) in [6, 6.07) is -0.419. The Morgan fingerprint density at radius 3 is 2.16 bits per heavy atom. The first kappa shape index (κ1) is 15.2. The molecule has 0 unspecified atom stereocenters. The van der Waals surface area contributed by atoms with Crippen molar-refractivity contribution in [2.45, 2.75) is 55.9 Å². The average Bonchev–Trinajstić information content (AvgIpc) is 2.31. The fourth-order valence-electron chi connectivity index (χ4n) is 2.73. The topological polar surface area (TPSA) is 101 Å². The largest absolute Gasteiger partial charge is 0.391 e. The summed E-state index contributed by atoms with van der Waals surface area (Å²) in [4.78, 5) is 0. The van der Waals surface area contributed by atoms with Gasteiger partial charge in [0.15, 0.2) is 0 Å². The maximum absolute atomic E-state index is 12.2. The van der Waals surface area contributed by atoms with Crippen LogP contribution in [0.4, 0.5) is 0 Å². The number of rotatable bonds is 3. The minimum Gasteiger partial charge on any atom is -0.391 e. The molecule has 2 fully saturated rings. The van der Waals surface area contributed by atoms with Crippen molar-refractivity contribution >= 4 is 19.9 Å². The molecule has 0 amide bonds. The summed E-state index contributed by atoms with van der Waals surface area (Å²) < 4.78 is 49.6. The molecule has 2 aliphatic rings. The molecule has 1 heterocycles. The van der Waals surface area contributed by atoms with Crippen LogP contribution in [-0.4, -0.2) is 50.8 Å². The van der Waals surface area contributed by atoms with Crippen LogP contribution < -0.4 is 4.72 Å². The molecule has 2 atom stereocenters. The predicted octanol–water partition coefficient (Wildman–Crippen LogP) is -0.213. The summed E-state index contributed by atoms with van der Waals surface area (Å²) >= 11 is 0. The number of sulfone groups is 1. The Balaban J connectivity index is 1.98. The van der Waals surface area contributed by atoms with Crippen LogP contribution >= 0.6 is 0 Å².